The van der Waals surface area contributed by atoms with Crippen molar-refractivity contribution in [3.8, 4) is 0 Å². The van der Waals surface area contributed by atoms with Gasteiger partial charge in [-0.25, -0.2) is 0 Å². The minimum atomic E-state index is 0.266. The number of amidine groups is 1. The zero-order valence-electron chi connectivity index (χ0n) is 8.50. The van der Waals surface area contributed by atoms with Crippen LogP contribution in [0, 0.1) is 0 Å². The van der Waals surface area contributed by atoms with E-state index >= 15 is 0 Å². The third kappa shape index (κ3) is 3.92. The molecule has 0 aliphatic heterocycles. The second-order valence-electron chi connectivity index (χ2n) is 3.52. The molecule has 3 heteroatoms. The van der Waals surface area contributed by atoms with Crippen LogP contribution in [0.15, 0.2) is 33.7 Å². The van der Waals surface area contributed by atoms with Gasteiger partial charge in [-0.3, -0.25) is 4.99 Å². The summed E-state index contributed by atoms with van der Waals surface area (Å²) in [7, 11) is 0. The molecule has 76 valence electrons. The van der Waals surface area contributed by atoms with Gasteiger partial charge < -0.3 is 5.73 Å². The molecule has 0 fully saturated rings. The Bertz CT molecular complexity index is 332. The highest BCUT2D eigenvalue weighted by Gasteiger charge is 1.98. The van der Waals surface area contributed by atoms with Gasteiger partial charge in [0.2, 0.25) is 0 Å². The van der Waals surface area contributed by atoms with E-state index in [1.165, 1.54) is 5.56 Å². The molecule has 0 saturated carbocycles. The molecule has 0 saturated heterocycles. The summed E-state index contributed by atoms with van der Waals surface area (Å²) >= 11 is 3.42. The van der Waals surface area contributed by atoms with Crippen LogP contribution in [0.2, 0.25) is 0 Å². The maximum Gasteiger partial charge on any atom is 0.0984 e. The lowest BCUT2D eigenvalue weighted by Gasteiger charge is -2.03. The largest absolute Gasteiger partial charge is 0.387 e. The first kappa shape index (κ1) is 11.2. The Hall–Kier alpha value is -0.830. The molecule has 0 amide bonds. The number of halogens is 1. The van der Waals surface area contributed by atoms with E-state index in [0.717, 1.165) is 10.9 Å². The molecule has 0 aliphatic carbocycles. The quantitative estimate of drug-likeness (QED) is 0.654. The van der Waals surface area contributed by atoms with Crippen LogP contribution < -0.4 is 5.73 Å². The number of nitrogens with zero attached hydrogens (tertiary/aromatic N) is 1. The molecular weight excluding hydrogens is 240 g/mol. The van der Waals surface area contributed by atoms with Gasteiger partial charge in [0.25, 0.3) is 0 Å². The molecule has 1 aromatic carbocycles. The Labute approximate surface area is 93.4 Å². The summed E-state index contributed by atoms with van der Waals surface area (Å²) in [4.78, 5) is 4.28. The Morgan fingerprint density at radius 3 is 2.79 bits per heavy atom. The topological polar surface area (TPSA) is 38.4 Å². The van der Waals surface area contributed by atoms with Crippen molar-refractivity contribution < 1.29 is 0 Å². The molecule has 1 aromatic rings. The van der Waals surface area contributed by atoms with Crippen LogP contribution in [0.25, 0.3) is 0 Å². The molecule has 2 N–H and O–H groups in total. The van der Waals surface area contributed by atoms with Crippen molar-refractivity contribution in [3.63, 3.8) is 0 Å². The summed E-state index contributed by atoms with van der Waals surface area (Å²) in [6.07, 6.45) is 0.720. The lowest BCUT2D eigenvalue weighted by atomic mass is 10.1. The standard InChI is InChI=1S/C11H15BrN2/c1-8(2)14-11(13)7-9-4-3-5-10(12)6-9/h3-6,8H,7H2,1-2H3,(H2,13,14). The molecule has 0 bridgehead atoms. The average Bonchev–Trinajstić information content (AvgIpc) is 2.01. The van der Waals surface area contributed by atoms with Gasteiger partial charge in [-0.2, -0.15) is 0 Å². The van der Waals surface area contributed by atoms with E-state index in [9.17, 15) is 0 Å². The molecule has 2 nitrogen and oxygen atoms in total. The third-order valence-electron chi connectivity index (χ3n) is 1.70. The van der Waals surface area contributed by atoms with Gasteiger partial charge in [0.1, 0.15) is 0 Å². The maximum absolute atomic E-state index is 5.79. The van der Waals surface area contributed by atoms with E-state index in [1.807, 2.05) is 32.0 Å². The van der Waals surface area contributed by atoms with E-state index in [2.05, 4.69) is 27.0 Å². The summed E-state index contributed by atoms with van der Waals surface area (Å²) < 4.78 is 1.08. The van der Waals surface area contributed by atoms with Crippen molar-refractivity contribution in [1.82, 2.24) is 0 Å². The first-order chi connectivity index (χ1) is 6.58. The van der Waals surface area contributed by atoms with Crippen molar-refractivity contribution in [2.45, 2.75) is 26.3 Å². The van der Waals surface area contributed by atoms with Gasteiger partial charge in [-0.15, -0.1) is 0 Å². The van der Waals surface area contributed by atoms with Crippen molar-refractivity contribution in [1.29, 1.82) is 0 Å². The molecule has 0 unspecified atom stereocenters. The Morgan fingerprint density at radius 1 is 1.50 bits per heavy atom. The van der Waals surface area contributed by atoms with Gasteiger partial charge >= 0.3 is 0 Å². The van der Waals surface area contributed by atoms with Crippen LogP contribution in [-0.2, 0) is 6.42 Å². The summed E-state index contributed by atoms with van der Waals surface area (Å²) in [6.45, 7) is 4.04. The number of hydrogen-bond acceptors (Lipinski definition) is 1. The number of aliphatic imine (C=N–C) groups is 1. The third-order valence-corrected chi connectivity index (χ3v) is 2.19. The number of rotatable bonds is 3. The second-order valence-corrected chi connectivity index (χ2v) is 4.44. The second kappa shape index (κ2) is 5.15. The minimum absolute atomic E-state index is 0.266. The summed E-state index contributed by atoms with van der Waals surface area (Å²) in [5.41, 5.74) is 6.97. The van der Waals surface area contributed by atoms with Gasteiger partial charge in [-0.05, 0) is 31.5 Å². The zero-order chi connectivity index (χ0) is 10.6. The number of hydrogen-bond donors (Lipinski definition) is 1. The van der Waals surface area contributed by atoms with Crippen molar-refractivity contribution in [3.05, 3.63) is 34.3 Å². The van der Waals surface area contributed by atoms with E-state index in [-0.39, 0.29) is 6.04 Å². The van der Waals surface area contributed by atoms with Crippen molar-refractivity contribution in [2.75, 3.05) is 0 Å². The molecule has 0 atom stereocenters. The fraction of sp³-hybridized carbons (Fsp3) is 0.364. The average molecular weight is 255 g/mol. The SMILES string of the molecule is CC(C)N=C(N)Cc1cccc(Br)c1. The Balaban J connectivity index is 2.69. The fourth-order valence-corrected chi connectivity index (χ4v) is 1.68. The zero-order valence-corrected chi connectivity index (χ0v) is 10.1. The molecule has 14 heavy (non-hydrogen) atoms. The number of benzene rings is 1. The normalized spacial score (nSPS) is 12.1. The molecule has 0 radical (unpaired) electrons. The van der Waals surface area contributed by atoms with Crippen LogP contribution in [-0.4, -0.2) is 11.9 Å². The summed E-state index contributed by atoms with van der Waals surface area (Å²) in [5.74, 6) is 0.693. The fourth-order valence-electron chi connectivity index (χ4n) is 1.23. The van der Waals surface area contributed by atoms with Crippen LogP contribution in [0.5, 0.6) is 0 Å². The highest BCUT2D eigenvalue weighted by molar-refractivity contribution is 9.10. The minimum Gasteiger partial charge on any atom is -0.387 e. The molecule has 0 heterocycles. The van der Waals surface area contributed by atoms with E-state index in [0.29, 0.717) is 5.84 Å². The number of nitrogens with two attached hydrogens (primary N) is 1. The maximum atomic E-state index is 5.79. The molecular formula is C11H15BrN2. The molecule has 0 aromatic heterocycles. The van der Waals surface area contributed by atoms with Gasteiger partial charge in [0.15, 0.2) is 0 Å². The van der Waals surface area contributed by atoms with Crippen molar-refractivity contribution >= 4 is 21.8 Å². The van der Waals surface area contributed by atoms with Crippen LogP contribution >= 0.6 is 15.9 Å². The van der Waals surface area contributed by atoms with Crippen molar-refractivity contribution in [2.24, 2.45) is 10.7 Å². The van der Waals surface area contributed by atoms with Gasteiger partial charge in [-0.1, -0.05) is 28.1 Å². The first-order valence-corrected chi connectivity index (χ1v) is 5.44. The predicted octanol–water partition coefficient (Wildman–Crippen LogP) is 2.76. The summed E-state index contributed by atoms with van der Waals surface area (Å²) in [5, 5.41) is 0. The molecule has 0 spiro atoms. The predicted molar refractivity (Wildman–Crippen MR) is 64.6 cm³/mol. The van der Waals surface area contributed by atoms with Gasteiger partial charge in [0.05, 0.1) is 5.84 Å². The van der Waals surface area contributed by atoms with Crippen LogP contribution in [0.3, 0.4) is 0 Å². The Kier molecular flexibility index (Phi) is 4.14. The lowest BCUT2D eigenvalue weighted by molar-refractivity contribution is 0.829. The smallest absolute Gasteiger partial charge is 0.0984 e. The lowest BCUT2D eigenvalue weighted by Crippen LogP contribution is -2.17. The first-order valence-electron chi connectivity index (χ1n) is 4.64. The highest BCUT2D eigenvalue weighted by atomic mass is 79.9. The van der Waals surface area contributed by atoms with E-state index < -0.39 is 0 Å². The van der Waals surface area contributed by atoms with E-state index in [1.54, 1.807) is 0 Å². The molecule has 0 aliphatic rings. The Morgan fingerprint density at radius 2 is 2.21 bits per heavy atom. The monoisotopic (exact) mass is 254 g/mol. The van der Waals surface area contributed by atoms with Crippen LogP contribution in [0.4, 0.5) is 0 Å². The van der Waals surface area contributed by atoms with Gasteiger partial charge in [0, 0.05) is 16.9 Å². The molecule has 1 rings (SSSR count). The summed E-state index contributed by atoms with van der Waals surface area (Å²) in [6, 6.07) is 8.37. The van der Waals surface area contributed by atoms with Crippen LogP contribution in [0.1, 0.15) is 19.4 Å². The highest BCUT2D eigenvalue weighted by Crippen LogP contribution is 2.12. The van der Waals surface area contributed by atoms with E-state index in [4.69, 9.17) is 5.73 Å².